The Bertz CT molecular complexity index is 712. The van der Waals surface area contributed by atoms with Crippen LogP contribution in [0.1, 0.15) is 37.2 Å². The molecular weight excluding hydrogens is 318 g/mol. The molecular formula is C16H20ClN3O3. The van der Waals surface area contributed by atoms with Gasteiger partial charge in [-0.15, -0.1) is 0 Å². The van der Waals surface area contributed by atoms with Crippen LogP contribution < -0.4 is 10.6 Å². The number of fused-ring (bicyclic) bond motifs is 1. The molecule has 2 rings (SSSR count). The van der Waals surface area contributed by atoms with Crippen LogP contribution in [0.3, 0.4) is 0 Å². The highest BCUT2D eigenvalue weighted by molar-refractivity contribution is 6.31. The monoisotopic (exact) mass is 337 g/mol. The van der Waals surface area contributed by atoms with Gasteiger partial charge in [-0.2, -0.15) is 0 Å². The van der Waals surface area contributed by atoms with Crippen molar-refractivity contribution in [2.75, 3.05) is 18.5 Å². The normalized spacial score (nSPS) is 10.6. The van der Waals surface area contributed by atoms with E-state index in [-0.39, 0.29) is 18.3 Å². The second-order valence-corrected chi connectivity index (χ2v) is 5.46. The Labute approximate surface area is 139 Å². The number of carbonyl (C=O) groups is 2. The summed E-state index contributed by atoms with van der Waals surface area (Å²) in [5, 5.41) is 6.64. The first-order valence-corrected chi connectivity index (χ1v) is 7.97. The van der Waals surface area contributed by atoms with Crippen LogP contribution in [-0.4, -0.2) is 30.1 Å². The van der Waals surface area contributed by atoms with Gasteiger partial charge in [0.05, 0.1) is 12.3 Å². The average Bonchev–Trinajstić information content (AvgIpc) is 2.86. The number of benzene rings is 1. The number of aromatic amines is 1. The van der Waals surface area contributed by atoms with E-state index in [4.69, 9.17) is 16.3 Å². The number of H-pyrrole nitrogens is 1. The third-order valence-electron chi connectivity index (χ3n) is 3.29. The van der Waals surface area contributed by atoms with Gasteiger partial charge in [0.15, 0.2) is 0 Å². The number of halogens is 1. The number of hydrogen-bond donors (Lipinski definition) is 3. The molecule has 0 bridgehead atoms. The Morgan fingerprint density at radius 1 is 1.30 bits per heavy atom. The molecule has 0 atom stereocenters. The predicted octanol–water partition coefficient (Wildman–Crippen LogP) is 3.92. The summed E-state index contributed by atoms with van der Waals surface area (Å²) in [5.41, 5.74) is 1.27. The van der Waals surface area contributed by atoms with Gasteiger partial charge >= 0.3 is 12.0 Å². The fourth-order valence-electron chi connectivity index (χ4n) is 2.19. The minimum Gasteiger partial charge on any atom is -0.461 e. The van der Waals surface area contributed by atoms with E-state index in [0.29, 0.717) is 28.2 Å². The molecule has 2 amide bonds. The van der Waals surface area contributed by atoms with Crippen LogP contribution in [0.4, 0.5) is 10.5 Å². The molecule has 6 nitrogen and oxygen atoms in total. The summed E-state index contributed by atoms with van der Waals surface area (Å²) in [6.45, 7) is 4.58. The quantitative estimate of drug-likeness (QED) is 0.552. The van der Waals surface area contributed by atoms with Gasteiger partial charge in [0.2, 0.25) is 0 Å². The number of anilines is 1. The smallest absolute Gasteiger partial charge is 0.356 e. The van der Waals surface area contributed by atoms with E-state index < -0.39 is 5.97 Å². The van der Waals surface area contributed by atoms with Crippen molar-refractivity contribution in [1.82, 2.24) is 10.3 Å². The topological polar surface area (TPSA) is 83.2 Å². The molecule has 124 valence electrons. The standard InChI is InChI=1S/C16H20ClN3O3/c1-3-5-8-18-16(22)20-13-11-9-10(17)6-7-12(11)19-14(13)15(21)23-4-2/h6-7,9,19H,3-5,8H2,1-2H3,(H2,18,20,22). The van der Waals surface area contributed by atoms with E-state index >= 15 is 0 Å². The number of carbonyl (C=O) groups excluding carboxylic acids is 2. The zero-order chi connectivity index (χ0) is 16.8. The fraction of sp³-hybridized carbons (Fsp3) is 0.375. The average molecular weight is 338 g/mol. The largest absolute Gasteiger partial charge is 0.461 e. The van der Waals surface area contributed by atoms with Crippen molar-refractivity contribution in [2.45, 2.75) is 26.7 Å². The van der Waals surface area contributed by atoms with Crippen LogP contribution in [0.15, 0.2) is 18.2 Å². The van der Waals surface area contributed by atoms with E-state index in [1.54, 1.807) is 25.1 Å². The number of rotatable bonds is 6. The summed E-state index contributed by atoms with van der Waals surface area (Å²) in [7, 11) is 0. The maximum absolute atomic E-state index is 12.1. The summed E-state index contributed by atoms with van der Waals surface area (Å²) < 4.78 is 5.03. The Kier molecular flexibility index (Phi) is 5.87. The lowest BCUT2D eigenvalue weighted by Crippen LogP contribution is -2.30. The number of esters is 1. The van der Waals surface area contributed by atoms with Gasteiger partial charge in [0.1, 0.15) is 5.69 Å². The molecule has 0 aliphatic carbocycles. The number of nitrogens with one attached hydrogen (secondary N) is 3. The number of aromatic nitrogens is 1. The zero-order valence-corrected chi connectivity index (χ0v) is 13.9. The SMILES string of the molecule is CCCCNC(=O)Nc1c(C(=O)OCC)[nH]c2ccc(Cl)cc12. The number of ether oxygens (including phenoxy) is 1. The van der Waals surface area contributed by atoms with Crippen molar-refractivity contribution < 1.29 is 14.3 Å². The van der Waals surface area contributed by atoms with Gasteiger partial charge in [-0.05, 0) is 31.5 Å². The van der Waals surface area contributed by atoms with Crippen LogP contribution in [-0.2, 0) is 4.74 Å². The predicted molar refractivity (Wildman–Crippen MR) is 91.2 cm³/mol. The van der Waals surface area contributed by atoms with Crippen LogP contribution >= 0.6 is 11.6 Å². The summed E-state index contributed by atoms with van der Waals surface area (Å²) in [6.07, 6.45) is 1.87. The maximum Gasteiger partial charge on any atom is 0.356 e. The molecule has 1 heterocycles. The molecule has 0 radical (unpaired) electrons. The zero-order valence-electron chi connectivity index (χ0n) is 13.2. The van der Waals surface area contributed by atoms with Crippen LogP contribution in [0, 0.1) is 0 Å². The molecule has 3 N–H and O–H groups in total. The minimum atomic E-state index is -0.524. The van der Waals surface area contributed by atoms with Crippen molar-refractivity contribution in [3.63, 3.8) is 0 Å². The van der Waals surface area contributed by atoms with Gasteiger partial charge < -0.3 is 20.4 Å². The van der Waals surface area contributed by atoms with Gasteiger partial charge in [-0.25, -0.2) is 9.59 Å². The molecule has 0 fully saturated rings. The maximum atomic E-state index is 12.1. The highest BCUT2D eigenvalue weighted by atomic mass is 35.5. The molecule has 0 aliphatic rings. The first kappa shape index (κ1) is 17.1. The van der Waals surface area contributed by atoms with Crippen LogP contribution in [0.2, 0.25) is 5.02 Å². The summed E-state index contributed by atoms with van der Waals surface area (Å²) in [6, 6.07) is 4.78. The van der Waals surface area contributed by atoms with E-state index in [1.807, 2.05) is 6.92 Å². The molecule has 0 unspecified atom stereocenters. The van der Waals surface area contributed by atoms with Gasteiger partial charge in [-0.1, -0.05) is 24.9 Å². The lowest BCUT2D eigenvalue weighted by molar-refractivity contribution is 0.0522. The van der Waals surface area contributed by atoms with Crippen LogP contribution in [0.25, 0.3) is 10.9 Å². The van der Waals surface area contributed by atoms with Gasteiger partial charge in [0, 0.05) is 22.5 Å². The molecule has 2 aromatic rings. The molecule has 0 saturated heterocycles. The summed E-state index contributed by atoms with van der Waals surface area (Å²) in [5.74, 6) is -0.524. The first-order valence-electron chi connectivity index (χ1n) is 7.60. The molecule has 7 heteroatoms. The Morgan fingerprint density at radius 2 is 2.09 bits per heavy atom. The van der Waals surface area contributed by atoms with E-state index in [0.717, 1.165) is 12.8 Å². The van der Waals surface area contributed by atoms with Gasteiger partial charge in [0.25, 0.3) is 0 Å². The number of unbranched alkanes of at least 4 members (excludes halogenated alkanes) is 1. The molecule has 1 aromatic heterocycles. The third-order valence-corrected chi connectivity index (χ3v) is 3.53. The highest BCUT2D eigenvalue weighted by Gasteiger charge is 2.20. The third kappa shape index (κ3) is 4.16. The Morgan fingerprint density at radius 3 is 2.78 bits per heavy atom. The minimum absolute atomic E-state index is 0.203. The molecule has 1 aromatic carbocycles. The van der Waals surface area contributed by atoms with Crippen molar-refractivity contribution in [3.8, 4) is 0 Å². The Hall–Kier alpha value is -2.21. The second-order valence-electron chi connectivity index (χ2n) is 5.02. The van der Waals surface area contributed by atoms with Crippen molar-refractivity contribution in [3.05, 3.63) is 28.9 Å². The van der Waals surface area contributed by atoms with E-state index in [1.165, 1.54) is 0 Å². The lowest BCUT2D eigenvalue weighted by Gasteiger charge is -2.08. The van der Waals surface area contributed by atoms with E-state index in [9.17, 15) is 9.59 Å². The number of amides is 2. The second kappa shape index (κ2) is 7.87. The summed E-state index contributed by atoms with van der Waals surface area (Å²) in [4.78, 5) is 27.1. The Balaban J connectivity index is 2.33. The molecule has 0 aliphatic heterocycles. The fourth-order valence-corrected chi connectivity index (χ4v) is 2.36. The number of hydrogen-bond acceptors (Lipinski definition) is 3. The van der Waals surface area contributed by atoms with Gasteiger partial charge in [-0.3, -0.25) is 0 Å². The first-order chi connectivity index (χ1) is 11.1. The van der Waals surface area contributed by atoms with Crippen molar-refractivity contribution >= 4 is 40.2 Å². The van der Waals surface area contributed by atoms with E-state index in [2.05, 4.69) is 15.6 Å². The lowest BCUT2D eigenvalue weighted by atomic mass is 10.2. The summed E-state index contributed by atoms with van der Waals surface area (Å²) >= 11 is 6.02. The molecule has 0 saturated carbocycles. The number of urea groups is 1. The molecule has 0 spiro atoms. The highest BCUT2D eigenvalue weighted by Crippen LogP contribution is 2.30. The van der Waals surface area contributed by atoms with Crippen molar-refractivity contribution in [2.24, 2.45) is 0 Å². The molecule has 23 heavy (non-hydrogen) atoms. The van der Waals surface area contributed by atoms with Crippen LogP contribution in [0.5, 0.6) is 0 Å². The van der Waals surface area contributed by atoms with Crippen molar-refractivity contribution in [1.29, 1.82) is 0 Å².